The van der Waals surface area contributed by atoms with Crippen molar-refractivity contribution in [3.63, 3.8) is 0 Å². The fourth-order valence-electron chi connectivity index (χ4n) is 2.07. The topological polar surface area (TPSA) is 24.5 Å². The first-order chi connectivity index (χ1) is 8.15. The summed E-state index contributed by atoms with van der Waals surface area (Å²) in [5.41, 5.74) is 0. The maximum atomic E-state index is 5.27. The summed E-state index contributed by atoms with van der Waals surface area (Å²) in [6.45, 7) is 13.1. The molecule has 104 valence electrons. The van der Waals surface area contributed by atoms with E-state index >= 15 is 0 Å². The lowest BCUT2D eigenvalue weighted by molar-refractivity contribution is 0.125. The minimum Gasteiger partial charge on any atom is -0.383 e. The van der Waals surface area contributed by atoms with Gasteiger partial charge in [-0.2, -0.15) is 0 Å². The van der Waals surface area contributed by atoms with Crippen LogP contribution in [0.1, 0.15) is 47.0 Å². The quantitative estimate of drug-likeness (QED) is 0.565. The van der Waals surface area contributed by atoms with Gasteiger partial charge < -0.3 is 10.1 Å². The summed E-state index contributed by atoms with van der Waals surface area (Å²) in [7, 11) is 1.78. The van der Waals surface area contributed by atoms with E-state index in [0.29, 0.717) is 12.1 Å². The molecule has 0 rings (SSSR count). The van der Waals surface area contributed by atoms with Gasteiger partial charge in [-0.25, -0.2) is 0 Å². The Morgan fingerprint density at radius 3 is 2.35 bits per heavy atom. The summed E-state index contributed by atoms with van der Waals surface area (Å²) in [4.78, 5) is 2.56. The molecular formula is C14H32N2O. The SMILES string of the molecule is CCCCCN(CC(COC)NCC)C(C)C. The van der Waals surface area contributed by atoms with Crippen LogP contribution in [0.2, 0.25) is 0 Å². The third kappa shape index (κ3) is 8.58. The van der Waals surface area contributed by atoms with E-state index in [4.69, 9.17) is 4.74 Å². The van der Waals surface area contributed by atoms with Gasteiger partial charge in [-0.15, -0.1) is 0 Å². The summed E-state index contributed by atoms with van der Waals surface area (Å²) in [5, 5.41) is 3.49. The van der Waals surface area contributed by atoms with Gasteiger partial charge >= 0.3 is 0 Å². The van der Waals surface area contributed by atoms with Gasteiger partial charge in [0.1, 0.15) is 0 Å². The first-order valence-corrected chi connectivity index (χ1v) is 7.12. The number of unbranched alkanes of at least 4 members (excludes halogenated alkanes) is 2. The fraction of sp³-hybridized carbons (Fsp3) is 1.00. The molecular weight excluding hydrogens is 212 g/mol. The molecule has 0 aliphatic heterocycles. The molecule has 0 saturated carbocycles. The van der Waals surface area contributed by atoms with E-state index in [1.807, 2.05) is 0 Å². The zero-order chi connectivity index (χ0) is 13.1. The van der Waals surface area contributed by atoms with Gasteiger partial charge in [0, 0.05) is 25.7 Å². The van der Waals surface area contributed by atoms with Crippen molar-refractivity contribution in [3.05, 3.63) is 0 Å². The third-order valence-electron chi connectivity index (χ3n) is 3.09. The maximum Gasteiger partial charge on any atom is 0.0628 e. The Kier molecular flexibility index (Phi) is 10.9. The fourth-order valence-corrected chi connectivity index (χ4v) is 2.07. The standard InChI is InChI=1S/C14H32N2O/c1-6-8-9-10-16(13(3)4)11-14(12-17-5)15-7-2/h13-15H,6-12H2,1-5H3. The maximum absolute atomic E-state index is 5.27. The van der Waals surface area contributed by atoms with E-state index in [-0.39, 0.29) is 0 Å². The van der Waals surface area contributed by atoms with Gasteiger partial charge in [-0.05, 0) is 33.4 Å². The highest BCUT2D eigenvalue weighted by atomic mass is 16.5. The molecule has 1 atom stereocenters. The highest BCUT2D eigenvalue weighted by Gasteiger charge is 2.15. The smallest absolute Gasteiger partial charge is 0.0628 e. The average Bonchev–Trinajstić information content (AvgIpc) is 2.28. The number of hydrogen-bond acceptors (Lipinski definition) is 3. The van der Waals surface area contributed by atoms with Gasteiger partial charge in [0.2, 0.25) is 0 Å². The number of hydrogen-bond donors (Lipinski definition) is 1. The zero-order valence-electron chi connectivity index (χ0n) is 12.5. The lowest BCUT2D eigenvalue weighted by Gasteiger charge is -2.30. The van der Waals surface area contributed by atoms with Crippen LogP contribution in [-0.2, 0) is 4.74 Å². The molecule has 17 heavy (non-hydrogen) atoms. The third-order valence-corrected chi connectivity index (χ3v) is 3.09. The van der Waals surface area contributed by atoms with Crippen molar-refractivity contribution in [1.29, 1.82) is 0 Å². The molecule has 0 spiro atoms. The molecule has 0 aliphatic rings. The first-order valence-electron chi connectivity index (χ1n) is 7.12. The van der Waals surface area contributed by atoms with Crippen LogP contribution >= 0.6 is 0 Å². The molecule has 0 heterocycles. The van der Waals surface area contributed by atoms with Gasteiger partial charge in [-0.3, -0.25) is 4.90 Å². The van der Waals surface area contributed by atoms with Crippen LogP contribution in [0, 0.1) is 0 Å². The normalized spacial score (nSPS) is 13.6. The summed E-state index contributed by atoms with van der Waals surface area (Å²) < 4.78 is 5.27. The Labute approximate surface area is 108 Å². The Balaban J connectivity index is 4.08. The molecule has 0 saturated heterocycles. The Bertz CT molecular complexity index is 156. The average molecular weight is 244 g/mol. The number of nitrogens with one attached hydrogen (secondary N) is 1. The van der Waals surface area contributed by atoms with Crippen LogP contribution in [0.4, 0.5) is 0 Å². The van der Waals surface area contributed by atoms with Crippen molar-refractivity contribution in [2.24, 2.45) is 0 Å². The molecule has 0 amide bonds. The predicted octanol–water partition coefficient (Wildman–Crippen LogP) is 2.51. The van der Waals surface area contributed by atoms with Crippen LogP contribution < -0.4 is 5.32 Å². The molecule has 0 aromatic heterocycles. The first kappa shape index (κ1) is 16.9. The second-order valence-corrected chi connectivity index (χ2v) is 5.01. The Hall–Kier alpha value is -0.120. The monoisotopic (exact) mass is 244 g/mol. The van der Waals surface area contributed by atoms with Crippen LogP contribution in [0.25, 0.3) is 0 Å². The molecule has 3 nitrogen and oxygen atoms in total. The van der Waals surface area contributed by atoms with E-state index < -0.39 is 0 Å². The minimum absolute atomic E-state index is 0.453. The van der Waals surface area contributed by atoms with Gasteiger partial charge in [-0.1, -0.05) is 26.7 Å². The van der Waals surface area contributed by atoms with Crippen molar-refractivity contribution in [2.45, 2.75) is 59.0 Å². The highest BCUT2D eigenvalue weighted by molar-refractivity contribution is 4.73. The molecule has 1 unspecified atom stereocenters. The van der Waals surface area contributed by atoms with Crippen molar-refractivity contribution in [3.8, 4) is 0 Å². The number of rotatable bonds is 11. The van der Waals surface area contributed by atoms with Gasteiger partial charge in [0.15, 0.2) is 0 Å². The molecule has 1 N–H and O–H groups in total. The summed E-state index contributed by atoms with van der Waals surface area (Å²) in [6.07, 6.45) is 3.93. The van der Waals surface area contributed by atoms with Crippen LogP contribution in [-0.4, -0.2) is 50.3 Å². The van der Waals surface area contributed by atoms with E-state index in [1.54, 1.807) is 7.11 Å². The number of ether oxygens (including phenoxy) is 1. The Morgan fingerprint density at radius 1 is 1.18 bits per heavy atom. The van der Waals surface area contributed by atoms with Crippen molar-refractivity contribution in [2.75, 3.05) is 33.4 Å². The largest absolute Gasteiger partial charge is 0.383 e. The zero-order valence-corrected chi connectivity index (χ0v) is 12.5. The number of methoxy groups -OCH3 is 1. The summed E-state index contributed by atoms with van der Waals surface area (Å²) in [6, 6.07) is 1.07. The van der Waals surface area contributed by atoms with Gasteiger partial charge in [0.25, 0.3) is 0 Å². The molecule has 0 aliphatic carbocycles. The number of likely N-dealkylation sites (N-methyl/N-ethyl adjacent to an activating group) is 1. The van der Waals surface area contributed by atoms with E-state index in [1.165, 1.54) is 25.8 Å². The number of nitrogens with zero attached hydrogens (tertiary/aromatic N) is 1. The lowest BCUT2D eigenvalue weighted by Crippen LogP contribution is -2.46. The molecule has 0 aromatic carbocycles. The summed E-state index contributed by atoms with van der Waals surface area (Å²) in [5.74, 6) is 0. The predicted molar refractivity (Wildman–Crippen MR) is 75.6 cm³/mol. The summed E-state index contributed by atoms with van der Waals surface area (Å²) >= 11 is 0. The van der Waals surface area contributed by atoms with E-state index in [0.717, 1.165) is 19.7 Å². The van der Waals surface area contributed by atoms with Crippen LogP contribution in [0.5, 0.6) is 0 Å². The Morgan fingerprint density at radius 2 is 1.88 bits per heavy atom. The molecule has 0 fully saturated rings. The van der Waals surface area contributed by atoms with Crippen molar-refractivity contribution < 1.29 is 4.74 Å². The van der Waals surface area contributed by atoms with Crippen LogP contribution in [0.3, 0.4) is 0 Å². The van der Waals surface area contributed by atoms with Crippen molar-refractivity contribution in [1.82, 2.24) is 10.2 Å². The highest BCUT2D eigenvalue weighted by Crippen LogP contribution is 2.05. The van der Waals surface area contributed by atoms with E-state index in [9.17, 15) is 0 Å². The molecule has 0 radical (unpaired) electrons. The lowest BCUT2D eigenvalue weighted by atomic mass is 10.2. The van der Waals surface area contributed by atoms with E-state index in [2.05, 4.69) is 37.9 Å². The molecule has 3 heteroatoms. The second kappa shape index (κ2) is 11.0. The minimum atomic E-state index is 0.453. The van der Waals surface area contributed by atoms with Crippen LogP contribution in [0.15, 0.2) is 0 Å². The molecule has 0 aromatic rings. The van der Waals surface area contributed by atoms with Gasteiger partial charge in [0.05, 0.1) is 6.61 Å². The second-order valence-electron chi connectivity index (χ2n) is 5.01. The van der Waals surface area contributed by atoms with Crippen molar-refractivity contribution >= 4 is 0 Å². The molecule has 0 bridgehead atoms.